The van der Waals surface area contributed by atoms with Gasteiger partial charge in [-0.1, -0.05) is 6.92 Å². The monoisotopic (exact) mass is 193 g/mol. The van der Waals surface area contributed by atoms with E-state index in [1.807, 2.05) is 24.0 Å². The highest BCUT2D eigenvalue weighted by Crippen LogP contribution is 2.01. The fourth-order valence-corrected chi connectivity index (χ4v) is 1.25. The Morgan fingerprint density at radius 2 is 2.14 bits per heavy atom. The first-order valence-corrected chi connectivity index (χ1v) is 4.62. The Balaban J connectivity index is 2.53. The first-order valence-electron chi connectivity index (χ1n) is 4.62. The van der Waals surface area contributed by atoms with Crippen molar-refractivity contribution in [3.8, 4) is 0 Å². The molecule has 0 radical (unpaired) electrons. The molecule has 0 spiro atoms. The summed E-state index contributed by atoms with van der Waals surface area (Å²) in [4.78, 5) is 16.6. The first kappa shape index (κ1) is 10.7. The zero-order chi connectivity index (χ0) is 10.4. The van der Waals surface area contributed by atoms with Crippen LogP contribution in [0.1, 0.15) is 12.5 Å². The highest BCUT2D eigenvalue weighted by molar-refractivity contribution is 5.75. The largest absolute Gasteiger partial charge is 0.369 e. The highest BCUT2D eigenvalue weighted by atomic mass is 16.1. The van der Waals surface area contributed by atoms with E-state index in [4.69, 9.17) is 5.73 Å². The van der Waals surface area contributed by atoms with Gasteiger partial charge in [0.25, 0.3) is 0 Å². The number of carbonyl (C=O) groups is 1. The Morgan fingerprint density at radius 1 is 1.50 bits per heavy atom. The number of amides is 1. The van der Waals surface area contributed by atoms with Gasteiger partial charge >= 0.3 is 0 Å². The Labute approximate surface area is 83.7 Å². The molecule has 1 heterocycles. The minimum atomic E-state index is -0.291. The van der Waals surface area contributed by atoms with E-state index >= 15 is 0 Å². The summed E-state index contributed by atoms with van der Waals surface area (Å²) in [5.74, 6) is -0.291. The van der Waals surface area contributed by atoms with Crippen molar-refractivity contribution >= 4 is 5.91 Å². The zero-order valence-electron chi connectivity index (χ0n) is 8.31. The molecule has 2 N–H and O–H groups in total. The van der Waals surface area contributed by atoms with Gasteiger partial charge in [0.05, 0.1) is 6.54 Å². The van der Waals surface area contributed by atoms with E-state index in [9.17, 15) is 4.79 Å². The van der Waals surface area contributed by atoms with E-state index in [0.29, 0.717) is 6.54 Å². The molecule has 4 heteroatoms. The molecule has 0 aliphatic rings. The van der Waals surface area contributed by atoms with E-state index in [2.05, 4.69) is 4.98 Å². The van der Waals surface area contributed by atoms with Gasteiger partial charge in [-0.3, -0.25) is 14.7 Å². The molecular weight excluding hydrogens is 178 g/mol. The summed E-state index contributed by atoms with van der Waals surface area (Å²) in [7, 11) is 0. The SMILES string of the molecule is CCN(CC(N)=O)Cc1ccncc1. The van der Waals surface area contributed by atoms with E-state index in [0.717, 1.165) is 18.7 Å². The average Bonchev–Trinajstić information content (AvgIpc) is 2.17. The Bertz CT molecular complexity index is 287. The van der Waals surface area contributed by atoms with E-state index in [1.54, 1.807) is 12.4 Å². The topological polar surface area (TPSA) is 59.2 Å². The smallest absolute Gasteiger partial charge is 0.231 e. The first-order chi connectivity index (χ1) is 6.72. The number of rotatable bonds is 5. The van der Waals surface area contributed by atoms with Gasteiger partial charge in [-0.05, 0) is 24.2 Å². The van der Waals surface area contributed by atoms with Crippen LogP contribution < -0.4 is 5.73 Å². The molecule has 1 amide bonds. The van der Waals surface area contributed by atoms with Crippen molar-refractivity contribution < 1.29 is 4.79 Å². The van der Waals surface area contributed by atoms with Gasteiger partial charge < -0.3 is 5.73 Å². The number of aromatic nitrogens is 1. The van der Waals surface area contributed by atoms with Crippen LogP contribution in [0.3, 0.4) is 0 Å². The Kier molecular flexibility index (Phi) is 4.07. The van der Waals surface area contributed by atoms with Gasteiger partial charge in [0.2, 0.25) is 5.91 Å². The standard InChI is InChI=1S/C10H15N3O/c1-2-13(8-10(11)14)7-9-3-5-12-6-4-9/h3-6H,2,7-8H2,1H3,(H2,11,14). The van der Waals surface area contributed by atoms with Crippen LogP contribution in [0.25, 0.3) is 0 Å². The van der Waals surface area contributed by atoms with Crippen LogP contribution >= 0.6 is 0 Å². The minimum Gasteiger partial charge on any atom is -0.369 e. The number of carbonyl (C=O) groups excluding carboxylic acids is 1. The van der Waals surface area contributed by atoms with Crippen LogP contribution in [-0.2, 0) is 11.3 Å². The summed E-state index contributed by atoms with van der Waals surface area (Å²) in [5, 5.41) is 0. The lowest BCUT2D eigenvalue weighted by atomic mass is 10.2. The fourth-order valence-electron chi connectivity index (χ4n) is 1.25. The molecule has 0 saturated carbocycles. The maximum atomic E-state index is 10.7. The molecule has 0 bridgehead atoms. The third kappa shape index (κ3) is 3.53. The number of hydrogen-bond acceptors (Lipinski definition) is 3. The van der Waals surface area contributed by atoms with Crippen LogP contribution in [0.5, 0.6) is 0 Å². The lowest BCUT2D eigenvalue weighted by Gasteiger charge is -2.18. The van der Waals surface area contributed by atoms with Crippen LogP contribution in [0.15, 0.2) is 24.5 Å². The summed E-state index contributed by atoms with van der Waals surface area (Å²) >= 11 is 0. The minimum absolute atomic E-state index is 0.291. The predicted octanol–water partition coefficient (Wildman–Crippen LogP) is 0.389. The molecule has 0 aliphatic carbocycles. The molecule has 0 aromatic carbocycles. The molecule has 0 unspecified atom stereocenters. The lowest BCUT2D eigenvalue weighted by Crippen LogP contribution is -2.33. The molecule has 4 nitrogen and oxygen atoms in total. The second kappa shape index (κ2) is 5.34. The van der Waals surface area contributed by atoms with Crippen molar-refractivity contribution in [2.24, 2.45) is 5.73 Å². The molecule has 0 fully saturated rings. The van der Waals surface area contributed by atoms with Gasteiger partial charge in [0.1, 0.15) is 0 Å². The number of nitrogens with two attached hydrogens (primary N) is 1. The van der Waals surface area contributed by atoms with Crippen molar-refractivity contribution in [2.75, 3.05) is 13.1 Å². The summed E-state index contributed by atoms with van der Waals surface area (Å²) < 4.78 is 0. The van der Waals surface area contributed by atoms with Gasteiger partial charge in [0.15, 0.2) is 0 Å². The Hall–Kier alpha value is -1.42. The predicted molar refractivity (Wildman–Crippen MR) is 54.4 cm³/mol. The quantitative estimate of drug-likeness (QED) is 0.735. The number of pyridine rings is 1. The molecule has 0 atom stereocenters. The van der Waals surface area contributed by atoms with Crippen molar-refractivity contribution in [3.05, 3.63) is 30.1 Å². The van der Waals surface area contributed by atoms with Crippen LogP contribution in [-0.4, -0.2) is 28.9 Å². The number of likely N-dealkylation sites (N-methyl/N-ethyl adjacent to an activating group) is 1. The third-order valence-electron chi connectivity index (χ3n) is 1.98. The fraction of sp³-hybridized carbons (Fsp3) is 0.400. The molecule has 0 aliphatic heterocycles. The second-order valence-electron chi connectivity index (χ2n) is 3.13. The molecule has 0 saturated heterocycles. The van der Waals surface area contributed by atoms with E-state index < -0.39 is 0 Å². The van der Waals surface area contributed by atoms with Crippen molar-refractivity contribution in [1.29, 1.82) is 0 Å². The molecule has 1 aromatic rings. The second-order valence-corrected chi connectivity index (χ2v) is 3.13. The van der Waals surface area contributed by atoms with Crippen molar-refractivity contribution in [2.45, 2.75) is 13.5 Å². The van der Waals surface area contributed by atoms with Crippen LogP contribution in [0, 0.1) is 0 Å². The number of hydrogen-bond donors (Lipinski definition) is 1. The van der Waals surface area contributed by atoms with Gasteiger partial charge in [-0.15, -0.1) is 0 Å². The van der Waals surface area contributed by atoms with E-state index in [1.165, 1.54) is 0 Å². The van der Waals surface area contributed by atoms with Crippen molar-refractivity contribution in [3.63, 3.8) is 0 Å². The van der Waals surface area contributed by atoms with Crippen molar-refractivity contribution in [1.82, 2.24) is 9.88 Å². The maximum Gasteiger partial charge on any atom is 0.231 e. The van der Waals surface area contributed by atoms with Gasteiger partial charge in [0, 0.05) is 18.9 Å². The van der Waals surface area contributed by atoms with Crippen LogP contribution in [0.2, 0.25) is 0 Å². The average molecular weight is 193 g/mol. The summed E-state index contributed by atoms with van der Waals surface area (Å²) in [5.41, 5.74) is 6.27. The summed E-state index contributed by atoms with van der Waals surface area (Å²) in [6.45, 7) is 3.86. The zero-order valence-corrected chi connectivity index (χ0v) is 8.31. The highest BCUT2D eigenvalue weighted by Gasteiger charge is 2.05. The lowest BCUT2D eigenvalue weighted by molar-refractivity contribution is -0.119. The number of nitrogens with zero attached hydrogens (tertiary/aromatic N) is 2. The molecule has 76 valence electrons. The summed E-state index contributed by atoms with van der Waals surface area (Å²) in [6, 6.07) is 3.87. The van der Waals surface area contributed by atoms with Gasteiger partial charge in [-0.2, -0.15) is 0 Å². The molecular formula is C10H15N3O. The van der Waals surface area contributed by atoms with Crippen LogP contribution in [0.4, 0.5) is 0 Å². The van der Waals surface area contributed by atoms with Gasteiger partial charge in [-0.25, -0.2) is 0 Å². The normalized spacial score (nSPS) is 10.4. The Morgan fingerprint density at radius 3 is 2.64 bits per heavy atom. The van der Waals surface area contributed by atoms with E-state index in [-0.39, 0.29) is 5.91 Å². The maximum absolute atomic E-state index is 10.7. The third-order valence-corrected chi connectivity index (χ3v) is 1.98. The molecule has 1 aromatic heterocycles. The summed E-state index contributed by atoms with van der Waals surface area (Å²) in [6.07, 6.45) is 3.49. The number of primary amides is 1. The molecule has 1 rings (SSSR count). The molecule has 14 heavy (non-hydrogen) atoms.